The summed E-state index contributed by atoms with van der Waals surface area (Å²) in [4.78, 5) is 14.6. The molecule has 172 valence electrons. The Morgan fingerprint density at radius 3 is 2.00 bits per heavy atom. The van der Waals surface area contributed by atoms with Gasteiger partial charge in [0.05, 0.1) is 19.1 Å². The number of hydrogen-bond acceptors (Lipinski definition) is 5. The third kappa shape index (κ3) is 5.49. The molecule has 0 aliphatic carbocycles. The van der Waals surface area contributed by atoms with E-state index in [1.807, 2.05) is 12.1 Å². The van der Waals surface area contributed by atoms with Crippen LogP contribution in [0, 0.1) is 0 Å². The van der Waals surface area contributed by atoms with Crippen LogP contribution in [0.15, 0.2) is 53.4 Å². The van der Waals surface area contributed by atoms with Crippen molar-refractivity contribution in [3.05, 3.63) is 59.7 Å². The number of carbonyl (C=O) groups excluding carboxylic acids is 1. The summed E-state index contributed by atoms with van der Waals surface area (Å²) in [5.74, 6) is 1.45. The van der Waals surface area contributed by atoms with Crippen molar-refractivity contribution < 1.29 is 22.7 Å². The van der Waals surface area contributed by atoms with E-state index in [1.165, 1.54) is 10.4 Å². The topological polar surface area (TPSA) is 76.2 Å². The number of benzene rings is 2. The van der Waals surface area contributed by atoms with Crippen LogP contribution in [0.25, 0.3) is 6.08 Å². The van der Waals surface area contributed by atoms with Crippen LogP contribution in [-0.4, -0.2) is 63.9 Å². The summed E-state index contributed by atoms with van der Waals surface area (Å²) in [6, 6.07) is 12.4. The molecule has 0 atom stereocenters. The van der Waals surface area contributed by atoms with Gasteiger partial charge in [0.25, 0.3) is 0 Å². The van der Waals surface area contributed by atoms with Gasteiger partial charge in [-0.05, 0) is 47.4 Å². The van der Waals surface area contributed by atoms with Crippen molar-refractivity contribution in [2.45, 2.75) is 24.7 Å². The van der Waals surface area contributed by atoms with E-state index in [1.54, 1.807) is 55.5 Å². The molecule has 1 aliphatic rings. The first-order valence-electron chi connectivity index (χ1n) is 10.5. The fourth-order valence-corrected chi connectivity index (χ4v) is 4.94. The molecule has 1 aliphatic heterocycles. The lowest BCUT2D eigenvalue weighted by Gasteiger charge is -2.33. The molecule has 7 nitrogen and oxygen atoms in total. The molecule has 0 saturated carbocycles. The van der Waals surface area contributed by atoms with Gasteiger partial charge in [-0.25, -0.2) is 8.42 Å². The zero-order valence-electron chi connectivity index (χ0n) is 18.9. The monoisotopic (exact) mass is 458 g/mol. The number of methoxy groups -OCH3 is 2. The van der Waals surface area contributed by atoms with Gasteiger partial charge in [-0.15, -0.1) is 0 Å². The van der Waals surface area contributed by atoms with E-state index in [2.05, 4.69) is 13.8 Å². The number of piperazine rings is 1. The van der Waals surface area contributed by atoms with E-state index in [0.29, 0.717) is 30.5 Å². The highest BCUT2D eigenvalue weighted by Gasteiger charge is 2.29. The number of rotatable bonds is 7. The Bertz CT molecular complexity index is 1050. The van der Waals surface area contributed by atoms with E-state index in [4.69, 9.17) is 9.47 Å². The molecule has 1 amide bonds. The first kappa shape index (κ1) is 23.8. The lowest BCUT2D eigenvalue weighted by molar-refractivity contribution is -0.127. The van der Waals surface area contributed by atoms with E-state index in [-0.39, 0.29) is 23.9 Å². The second kappa shape index (κ2) is 10.2. The molecule has 3 rings (SSSR count). The summed E-state index contributed by atoms with van der Waals surface area (Å²) < 4.78 is 37.9. The quantitative estimate of drug-likeness (QED) is 0.595. The van der Waals surface area contributed by atoms with E-state index in [9.17, 15) is 13.2 Å². The van der Waals surface area contributed by atoms with Crippen molar-refractivity contribution in [2.24, 2.45) is 0 Å². The molecule has 0 radical (unpaired) electrons. The molecular weight excluding hydrogens is 428 g/mol. The third-order valence-electron chi connectivity index (χ3n) is 5.53. The summed E-state index contributed by atoms with van der Waals surface area (Å²) in [6.45, 7) is 5.35. The zero-order chi connectivity index (χ0) is 23.3. The molecular formula is C24H30N2O5S. The average Bonchev–Trinajstić information content (AvgIpc) is 2.82. The highest BCUT2D eigenvalue weighted by molar-refractivity contribution is 7.89. The van der Waals surface area contributed by atoms with Gasteiger partial charge in [0, 0.05) is 38.3 Å². The fourth-order valence-electron chi connectivity index (χ4n) is 3.52. The van der Waals surface area contributed by atoms with Crippen LogP contribution in [0.2, 0.25) is 0 Å². The smallest absolute Gasteiger partial charge is 0.246 e. The summed E-state index contributed by atoms with van der Waals surface area (Å²) in [6.07, 6.45) is 3.19. The Hall–Kier alpha value is -2.84. The largest absolute Gasteiger partial charge is 0.497 e. The molecule has 0 N–H and O–H groups in total. The lowest BCUT2D eigenvalue weighted by atomic mass is 10.0. The normalized spacial score (nSPS) is 15.3. The predicted molar refractivity (Wildman–Crippen MR) is 124 cm³/mol. The van der Waals surface area contributed by atoms with Gasteiger partial charge >= 0.3 is 0 Å². The minimum Gasteiger partial charge on any atom is -0.497 e. The molecule has 2 aromatic carbocycles. The average molecular weight is 459 g/mol. The van der Waals surface area contributed by atoms with Crippen molar-refractivity contribution in [3.63, 3.8) is 0 Å². The van der Waals surface area contributed by atoms with Crippen LogP contribution in [0.4, 0.5) is 0 Å². The van der Waals surface area contributed by atoms with Crippen molar-refractivity contribution in [1.29, 1.82) is 0 Å². The second-order valence-electron chi connectivity index (χ2n) is 7.93. The van der Waals surface area contributed by atoms with Gasteiger partial charge < -0.3 is 14.4 Å². The molecule has 0 bridgehead atoms. The van der Waals surface area contributed by atoms with Gasteiger partial charge in [0.15, 0.2) is 0 Å². The van der Waals surface area contributed by atoms with Gasteiger partial charge in [0.1, 0.15) is 11.5 Å². The maximum Gasteiger partial charge on any atom is 0.246 e. The van der Waals surface area contributed by atoms with Crippen LogP contribution < -0.4 is 9.47 Å². The minimum absolute atomic E-state index is 0.162. The van der Waals surface area contributed by atoms with E-state index in [0.717, 1.165) is 11.1 Å². The minimum atomic E-state index is -3.57. The van der Waals surface area contributed by atoms with Gasteiger partial charge in [-0.1, -0.05) is 26.0 Å². The van der Waals surface area contributed by atoms with Crippen molar-refractivity contribution in [3.8, 4) is 11.5 Å². The molecule has 0 unspecified atom stereocenters. The molecule has 2 aromatic rings. The Morgan fingerprint density at radius 1 is 0.938 bits per heavy atom. The van der Waals surface area contributed by atoms with Crippen LogP contribution in [0.1, 0.15) is 30.9 Å². The number of hydrogen-bond donors (Lipinski definition) is 0. The Balaban J connectivity index is 1.62. The predicted octanol–water partition coefficient (Wildman–Crippen LogP) is 3.37. The molecule has 32 heavy (non-hydrogen) atoms. The summed E-state index contributed by atoms with van der Waals surface area (Å²) in [5.41, 5.74) is 1.88. The molecule has 1 saturated heterocycles. The Labute approximate surface area is 190 Å². The lowest BCUT2D eigenvalue weighted by Crippen LogP contribution is -2.50. The number of carbonyl (C=O) groups is 1. The van der Waals surface area contributed by atoms with E-state index < -0.39 is 10.0 Å². The third-order valence-corrected chi connectivity index (χ3v) is 7.44. The Kier molecular flexibility index (Phi) is 7.58. The highest BCUT2D eigenvalue weighted by Crippen LogP contribution is 2.24. The van der Waals surface area contributed by atoms with Gasteiger partial charge in [-0.3, -0.25) is 4.79 Å². The van der Waals surface area contributed by atoms with Crippen LogP contribution in [-0.2, 0) is 14.8 Å². The molecule has 1 fully saturated rings. The number of amides is 1. The summed E-state index contributed by atoms with van der Waals surface area (Å²) >= 11 is 0. The van der Waals surface area contributed by atoms with Crippen molar-refractivity contribution in [1.82, 2.24) is 9.21 Å². The molecule has 8 heteroatoms. The fraction of sp³-hybridized carbons (Fsp3) is 0.375. The van der Waals surface area contributed by atoms with Crippen molar-refractivity contribution >= 4 is 22.0 Å². The number of nitrogens with zero attached hydrogens (tertiary/aromatic N) is 2. The Morgan fingerprint density at radius 2 is 1.50 bits per heavy atom. The van der Waals surface area contributed by atoms with E-state index >= 15 is 0 Å². The maximum atomic E-state index is 13.0. The summed E-state index contributed by atoms with van der Waals surface area (Å²) in [5, 5.41) is 0. The molecule has 1 heterocycles. The molecule has 0 spiro atoms. The van der Waals surface area contributed by atoms with Gasteiger partial charge in [0.2, 0.25) is 15.9 Å². The maximum absolute atomic E-state index is 13.0. The molecule has 0 aromatic heterocycles. The van der Waals surface area contributed by atoms with Crippen LogP contribution in [0.5, 0.6) is 11.5 Å². The second-order valence-corrected chi connectivity index (χ2v) is 9.87. The highest BCUT2D eigenvalue weighted by atomic mass is 32.2. The number of ether oxygens (including phenoxy) is 2. The van der Waals surface area contributed by atoms with Crippen LogP contribution >= 0.6 is 0 Å². The first-order chi connectivity index (χ1) is 15.2. The SMILES string of the molecule is COc1cc(/C=C/C(=O)N2CCN(S(=O)(=O)c3ccc(C(C)C)cc3)CC2)cc(OC)c1. The first-order valence-corrected chi connectivity index (χ1v) is 12.0. The number of sulfonamides is 1. The standard InChI is InChI=1S/C24H30N2O5S/c1-18(2)20-6-8-23(9-7-20)32(28,29)26-13-11-25(12-14-26)24(27)10-5-19-15-21(30-3)17-22(16-19)31-4/h5-10,15-18H,11-14H2,1-4H3/b10-5+. The van der Waals surface area contributed by atoms with Crippen LogP contribution in [0.3, 0.4) is 0 Å². The van der Waals surface area contributed by atoms with Gasteiger partial charge in [-0.2, -0.15) is 4.31 Å². The van der Waals surface area contributed by atoms with Crippen molar-refractivity contribution in [2.75, 3.05) is 40.4 Å². The zero-order valence-corrected chi connectivity index (χ0v) is 19.8. The summed E-state index contributed by atoms with van der Waals surface area (Å²) in [7, 11) is -0.437.